The van der Waals surface area contributed by atoms with E-state index in [4.69, 9.17) is 115 Å². The molecule has 2 fully saturated rings. The van der Waals surface area contributed by atoms with Crippen LogP contribution >= 0.6 is 69.6 Å². The molecule has 0 spiro atoms. The molecule has 46 nitrogen and oxygen atoms in total. The van der Waals surface area contributed by atoms with Crippen LogP contribution in [0.5, 0.6) is 5.88 Å². The first-order chi connectivity index (χ1) is 66.8. The van der Waals surface area contributed by atoms with Crippen LogP contribution in [0.2, 0.25) is 30.9 Å². The van der Waals surface area contributed by atoms with Crippen molar-refractivity contribution < 1.29 is 162 Å². The van der Waals surface area contributed by atoms with Crippen LogP contribution in [0.15, 0.2) is 99.9 Å². The van der Waals surface area contributed by atoms with Gasteiger partial charge in [0.1, 0.15) is 135 Å². The summed E-state index contributed by atoms with van der Waals surface area (Å²) in [6.07, 6.45) is 25.0. The van der Waals surface area contributed by atoms with E-state index in [9.17, 15) is 24.3 Å². The SMILES string of the molecule is C.CC.CC(C)(C)OC(=O)N1CC[C@H](O)C1.CCNc1ncnc(Cl)c1CC(=O)c1cnc(C)nc1.CCNc1ncnc(Cl)c1N.CCOC(=O)c1cnc(C)nc1.CCn1c(-c2cnc(C)nc2)nc2c(Cl)ncnc21.CCn1c(-c2cnc(C)nc2)nc2c(Cl)ncnc21.CCn1c(-c2cnc(C)nc2)nc2c(O[C@H]3CCN(C(=O)OC(C)(C)C)C3)ncnc21.Nc1c(Cl)ncnc1Cl.O=CO[O-].[H-].[K+].[K+]. The van der Waals surface area contributed by atoms with Crippen LogP contribution in [0.4, 0.5) is 32.6 Å². The van der Waals surface area contributed by atoms with Crippen LogP contribution in [0.25, 0.3) is 67.7 Å². The number of imidazole rings is 3. The molecular formula is C89H114Cl6K2N34O12. The predicted molar refractivity (Wildman–Crippen MR) is 533 cm³/mol. The molecule has 0 saturated carbocycles. The maximum atomic E-state index is 12.3. The molecule has 54 heteroatoms. The van der Waals surface area contributed by atoms with Crippen molar-refractivity contribution in [2.24, 2.45) is 0 Å². The molecule has 0 bridgehead atoms. The molecule has 2 saturated heterocycles. The van der Waals surface area contributed by atoms with Crippen molar-refractivity contribution in [3.05, 3.63) is 177 Å². The van der Waals surface area contributed by atoms with E-state index in [-0.39, 0.29) is 187 Å². The Morgan fingerprint density at radius 1 is 0.469 bits per heavy atom. The normalized spacial score (nSPS) is 12.5. The van der Waals surface area contributed by atoms with Crippen molar-refractivity contribution in [1.82, 2.24) is 148 Å². The number of carbonyl (C=O) groups excluding carboxylic acids is 5. The summed E-state index contributed by atoms with van der Waals surface area (Å²) in [7, 11) is 0. The second-order valence-electron chi connectivity index (χ2n) is 30.8. The van der Waals surface area contributed by atoms with Gasteiger partial charge >= 0.3 is 121 Å². The van der Waals surface area contributed by atoms with Crippen molar-refractivity contribution in [2.45, 2.75) is 201 Å². The zero-order valence-electron chi connectivity index (χ0n) is 83.4. The first kappa shape index (κ1) is 125. The number of amides is 2. The van der Waals surface area contributed by atoms with E-state index in [0.29, 0.717) is 154 Å². The van der Waals surface area contributed by atoms with E-state index in [1.54, 1.807) is 62.9 Å². The Kier molecular flexibility index (Phi) is 54.3. The van der Waals surface area contributed by atoms with Crippen LogP contribution in [-0.4, -0.2) is 253 Å². The minimum Gasteiger partial charge on any atom is -1.00 e. The topological polar surface area (TPSA) is 594 Å². The first-order valence-corrected chi connectivity index (χ1v) is 45.8. The van der Waals surface area contributed by atoms with Crippen molar-refractivity contribution in [2.75, 3.05) is 68.0 Å². The summed E-state index contributed by atoms with van der Waals surface area (Å²) >= 11 is 34.7. The van der Waals surface area contributed by atoms with E-state index < -0.39 is 11.2 Å². The van der Waals surface area contributed by atoms with Gasteiger partial charge in [0.05, 0.1) is 47.1 Å². The monoisotopic (exact) mass is 2140 g/mol. The fraction of sp³-hybridized carbons (Fsp3) is 0.416. The molecule has 2 amide bonds. The van der Waals surface area contributed by atoms with Gasteiger partial charge < -0.3 is 81.2 Å². The zero-order chi connectivity index (χ0) is 103. The smallest absolute Gasteiger partial charge is 1.00 e. The third kappa shape index (κ3) is 38.4. The molecule has 0 aromatic carbocycles. The maximum Gasteiger partial charge on any atom is 1.00 e. The van der Waals surface area contributed by atoms with E-state index in [2.05, 4.69) is 135 Å². The van der Waals surface area contributed by atoms with Gasteiger partial charge in [0, 0.05) is 133 Å². The number of nitrogen functional groups attached to an aromatic ring is 2. The Labute approximate surface area is 943 Å². The molecule has 14 aromatic heterocycles. The number of aliphatic hydroxyl groups excluding tert-OH is 1. The number of nitrogens with one attached hydrogen (secondary N) is 2. The quantitative estimate of drug-likeness (QED) is 0.00787. The van der Waals surface area contributed by atoms with Gasteiger partial charge in [-0.25, -0.2) is 134 Å². The summed E-state index contributed by atoms with van der Waals surface area (Å²) in [6, 6.07) is 0. The zero-order valence-corrected chi connectivity index (χ0v) is 93.2. The van der Waals surface area contributed by atoms with Crippen molar-refractivity contribution in [1.29, 1.82) is 0 Å². The number of carbonyl (C=O) groups is 5. The molecule has 0 unspecified atom stereocenters. The molecule has 2 aliphatic heterocycles. The molecule has 7 N–H and O–H groups in total. The molecule has 0 radical (unpaired) electrons. The van der Waals surface area contributed by atoms with E-state index in [1.165, 1.54) is 67.7 Å². The Morgan fingerprint density at radius 3 is 1.18 bits per heavy atom. The molecule has 2 atom stereocenters. The van der Waals surface area contributed by atoms with Gasteiger partial charge in [-0.2, -0.15) is 4.98 Å². The van der Waals surface area contributed by atoms with Crippen LogP contribution in [0.3, 0.4) is 0 Å². The van der Waals surface area contributed by atoms with E-state index in [1.807, 2.05) is 124 Å². The number of hydrogen-bond donors (Lipinski definition) is 5. The summed E-state index contributed by atoms with van der Waals surface area (Å²) in [5.41, 5.74) is 18.3. The number of hydrogen-bond acceptors (Lipinski definition) is 41. The minimum absolute atomic E-state index is 0. The molecule has 756 valence electrons. The number of likely N-dealkylation sites (tertiary alicyclic amines) is 2. The molecule has 0 aliphatic carbocycles. The number of anilines is 4. The minimum atomic E-state index is -0.530. The van der Waals surface area contributed by atoms with Gasteiger partial charge in [-0.15, -0.1) is 0 Å². The number of aliphatic hydroxyl groups is 1. The summed E-state index contributed by atoms with van der Waals surface area (Å²) < 4.78 is 27.4. The molecule has 2 aliphatic rings. The first-order valence-electron chi connectivity index (χ1n) is 43.5. The fourth-order valence-corrected chi connectivity index (χ4v) is 13.0. The number of nitrogens with zero attached hydrogens (tertiary/aromatic N) is 30. The number of halogens is 6. The summed E-state index contributed by atoms with van der Waals surface area (Å²) in [5.74, 6) is 6.69. The molecule has 143 heavy (non-hydrogen) atoms. The Bertz CT molecular complexity index is 6230. The largest absolute Gasteiger partial charge is 1.00 e. The fourth-order valence-electron chi connectivity index (χ4n) is 12.0. The number of esters is 1. The Morgan fingerprint density at radius 2 is 0.804 bits per heavy atom. The number of β-amino-alcohol motifs (C(OH)–C–C–N with tert-alkyl or cyclic N) is 1. The average molecular weight is 2140 g/mol. The van der Waals surface area contributed by atoms with Gasteiger partial charge in [-0.3, -0.25) is 9.59 Å². The number of aromatic nitrogens is 28. The molecular weight excluding hydrogens is 2030 g/mol. The Balaban J connectivity index is 0.000000429. The Hall–Kier alpha value is -10.6. The van der Waals surface area contributed by atoms with Gasteiger partial charge in [-0.1, -0.05) is 90.9 Å². The molecule has 14 aromatic rings. The van der Waals surface area contributed by atoms with E-state index in [0.717, 1.165) is 70.9 Å². The third-order valence-electron chi connectivity index (χ3n) is 18.4. The number of ether oxygens (including phenoxy) is 4. The van der Waals surface area contributed by atoms with Gasteiger partial charge in [0.15, 0.2) is 59.8 Å². The van der Waals surface area contributed by atoms with Crippen molar-refractivity contribution >= 4 is 157 Å². The van der Waals surface area contributed by atoms with Gasteiger partial charge in [-0.05, 0) is 124 Å². The van der Waals surface area contributed by atoms with Crippen molar-refractivity contribution in [3.63, 3.8) is 0 Å². The summed E-state index contributed by atoms with van der Waals surface area (Å²) in [6.45, 7) is 41.6. The second kappa shape index (κ2) is 62.3. The van der Waals surface area contributed by atoms with Gasteiger partial charge in [0.2, 0.25) is 5.88 Å². The predicted octanol–water partition coefficient (Wildman–Crippen LogP) is 8.29. The number of nitrogens with two attached hydrogens (primary N) is 2. The maximum absolute atomic E-state index is 12.3. The number of aryl methyl sites for hydroxylation is 8. The molecule has 16 heterocycles. The number of fused-ring (bicyclic) bond motifs is 3. The van der Waals surface area contributed by atoms with Crippen LogP contribution in [-0.2, 0) is 49.9 Å². The standard InChI is InChI=1S/C21H27N7O3.C13H14ClN5O.2C12H11ClN6.C9H17NO3.C8H10N2O2.C6H9ClN4.C4H3Cl2N3.C2H6.CH2O3.CH4.2K.H/c1-6-28-17(14-9-22-13(2)23-10-14)26-16-18(28)24-12-25-19(16)30-15-7-8-27(11-15)20(29)31-21(3,4)5;1-3-15-13-10(12(14)18-7-19-13)4-11(20)9-5-16-8(2)17-6-9;2*1-3-19-11(8-4-14-7(2)15-5-8)18-9-10(13)16-6-17-12(9)19;1-9(2,3)13-8(12)10-5-4-7(11)6-10;1-3-12-8(11)7-4-9-6(2)10-5-7;1-2-9-6-4(8)5(7)10-3-11-6;5-3-2(7)4(6)9-1-8-3;1-2;2-1-4-3;;;;/h9-10,12,15H,6-8,11H2,1-5H3;5-7H,3-4H2,1-2H3,(H,15,18,19);2*4-6H,3H2,1-2H3;7,11H,4-6H2,1-3H3;4-5H,3H2,1-2H3;3H,2,8H2,1H3,(H,9,10,11);1H,7H2;1-2H3;1,3H;1H4;;;/q;;;;;;;;;;;2*+1;-1/p-1/t15-;;;;7-;;;;;;;;;/m0...0........./s1. The number of ketones is 1. The second-order valence-corrected chi connectivity index (χ2v) is 33.0. The van der Waals surface area contributed by atoms with Crippen LogP contribution in [0.1, 0.15) is 174 Å². The summed E-state index contributed by atoms with van der Waals surface area (Å²) in [4.78, 5) is 164. The average Bonchev–Trinajstić information content (AvgIpc) is 1.63. The third-order valence-corrected chi connectivity index (χ3v) is 20.2. The van der Waals surface area contributed by atoms with Crippen molar-refractivity contribution in [3.8, 4) is 40.0 Å². The summed E-state index contributed by atoms with van der Waals surface area (Å²) in [5, 5.41) is 25.3. The van der Waals surface area contributed by atoms with E-state index >= 15 is 0 Å². The number of rotatable bonds is 18. The number of Topliss-reactive ketones (excluding diaryl/α,β-unsaturated/α-hetero) is 1. The van der Waals surface area contributed by atoms with Gasteiger partial charge in [0.25, 0.3) is 6.47 Å². The molecule has 16 rings (SSSR count). The van der Waals surface area contributed by atoms with Crippen LogP contribution in [0, 0.1) is 34.6 Å². The van der Waals surface area contributed by atoms with Crippen LogP contribution < -0.4 is 135 Å².